The smallest absolute Gasteiger partial charge is 0.242 e. The Morgan fingerprint density at radius 2 is 2.20 bits per heavy atom. The molecule has 2 N–H and O–H groups in total. The Balaban J connectivity index is 2.19. The van der Waals surface area contributed by atoms with E-state index in [1.807, 2.05) is 12.3 Å². The van der Waals surface area contributed by atoms with Gasteiger partial charge in [0.1, 0.15) is 4.90 Å². The van der Waals surface area contributed by atoms with Gasteiger partial charge in [0.15, 0.2) is 0 Å². The Kier molecular flexibility index (Phi) is 5.53. The van der Waals surface area contributed by atoms with Crippen molar-refractivity contribution in [2.45, 2.75) is 50.7 Å². The molecule has 2 heterocycles. The van der Waals surface area contributed by atoms with Crippen LogP contribution in [0.2, 0.25) is 0 Å². The van der Waals surface area contributed by atoms with Crippen LogP contribution < -0.4 is 10.0 Å². The molecule has 1 aromatic rings. The highest BCUT2D eigenvalue weighted by Crippen LogP contribution is 2.28. The first-order valence-corrected chi connectivity index (χ1v) is 10.3. The van der Waals surface area contributed by atoms with E-state index in [2.05, 4.69) is 23.9 Å². The highest BCUT2D eigenvalue weighted by atomic mass is 32.2. The summed E-state index contributed by atoms with van der Waals surface area (Å²) in [5.41, 5.74) is 0.841. The Morgan fingerprint density at radius 1 is 1.45 bits per heavy atom. The van der Waals surface area contributed by atoms with Crippen LogP contribution in [0.3, 0.4) is 0 Å². The minimum atomic E-state index is -3.40. The van der Waals surface area contributed by atoms with Crippen molar-refractivity contribution in [3.05, 3.63) is 15.8 Å². The zero-order valence-corrected chi connectivity index (χ0v) is 14.6. The predicted octanol–water partition coefficient (Wildman–Crippen LogP) is 2.34. The van der Waals surface area contributed by atoms with Crippen molar-refractivity contribution in [1.29, 1.82) is 0 Å². The molecule has 1 atom stereocenters. The fourth-order valence-electron chi connectivity index (χ4n) is 2.17. The average molecular weight is 335 g/mol. The van der Waals surface area contributed by atoms with Crippen molar-refractivity contribution in [2.75, 3.05) is 11.5 Å². The molecular formula is C13H22N2O2S3. The van der Waals surface area contributed by atoms with Crippen LogP contribution in [0.15, 0.2) is 10.3 Å². The minimum Gasteiger partial charge on any atom is -0.310 e. The first kappa shape index (κ1) is 16.3. The van der Waals surface area contributed by atoms with Gasteiger partial charge >= 0.3 is 0 Å². The average Bonchev–Trinajstić information content (AvgIpc) is 2.95. The van der Waals surface area contributed by atoms with E-state index in [1.165, 1.54) is 11.3 Å². The van der Waals surface area contributed by atoms with Gasteiger partial charge in [-0.2, -0.15) is 11.8 Å². The van der Waals surface area contributed by atoms with E-state index in [4.69, 9.17) is 0 Å². The molecule has 0 aromatic carbocycles. The van der Waals surface area contributed by atoms with Gasteiger partial charge in [0.2, 0.25) is 10.0 Å². The zero-order chi connectivity index (χ0) is 14.8. The molecule has 1 unspecified atom stereocenters. The summed E-state index contributed by atoms with van der Waals surface area (Å²) in [6.45, 7) is 6.59. The van der Waals surface area contributed by atoms with Crippen LogP contribution in [0.1, 0.15) is 30.7 Å². The molecule has 1 aliphatic heterocycles. The standard InChI is InChI=1S/C13H22N2O2S3/c1-9(2)14-6-12-13(10(3)7-19-12)20(16,17)15-11-4-5-18-8-11/h7,9,11,14-15H,4-6,8H2,1-3H3. The van der Waals surface area contributed by atoms with Gasteiger partial charge < -0.3 is 5.32 Å². The maximum Gasteiger partial charge on any atom is 0.242 e. The highest BCUT2D eigenvalue weighted by Gasteiger charge is 2.27. The molecule has 1 aromatic heterocycles. The molecule has 0 radical (unpaired) electrons. The van der Waals surface area contributed by atoms with E-state index in [1.54, 1.807) is 11.8 Å². The first-order valence-electron chi connectivity index (χ1n) is 6.80. The second kappa shape index (κ2) is 6.79. The maximum atomic E-state index is 12.6. The number of aryl methyl sites for hydroxylation is 1. The molecule has 1 fully saturated rings. The van der Waals surface area contributed by atoms with Crippen LogP contribution in [0.25, 0.3) is 0 Å². The first-order chi connectivity index (χ1) is 9.40. The summed E-state index contributed by atoms with van der Waals surface area (Å²) in [5.74, 6) is 1.92. The lowest BCUT2D eigenvalue weighted by Crippen LogP contribution is -2.35. The Hall–Kier alpha value is -0.0800. The lowest BCUT2D eigenvalue weighted by Gasteiger charge is -2.14. The SMILES string of the molecule is Cc1csc(CNC(C)C)c1S(=O)(=O)NC1CCSC1. The topological polar surface area (TPSA) is 58.2 Å². The predicted molar refractivity (Wildman–Crippen MR) is 87.1 cm³/mol. The van der Waals surface area contributed by atoms with Gasteiger partial charge in [-0.25, -0.2) is 13.1 Å². The number of hydrogen-bond donors (Lipinski definition) is 2. The lowest BCUT2D eigenvalue weighted by atomic mass is 10.3. The van der Waals surface area contributed by atoms with Gasteiger partial charge in [0.05, 0.1) is 0 Å². The third-order valence-electron chi connectivity index (χ3n) is 3.18. The van der Waals surface area contributed by atoms with Crippen LogP contribution >= 0.6 is 23.1 Å². The molecule has 114 valence electrons. The Labute approximate surface area is 129 Å². The molecule has 0 bridgehead atoms. The molecule has 20 heavy (non-hydrogen) atoms. The quantitative estimate of drug-likeness (QED) is 0.838. The molecular weight excluding hydrogens is 312 g/mol. The van der Waals surface area contributed by atoms with Gasteiger partial charge in [-0.05, 0) is 30.0 Å². The fourth-order valence-corrected chi connectivity index (χ4v) is 6.46. The van der Waals surface area contributed by atoms with Crippen molar-refractivity contribution < 1.29 is 8.42 Å². The third-order valence-corrected chi connectivity index (χ3v) is 7.33. The molecule has 1 saturated heterocycles. The van der Waals surface area contributed by atoms with Crippen molar-refractivity contribution in [3.8, 4) is 0 Å². The zero-order valence-electron chi connectivity index (χ0n) is 12.1. The number of thioether (sulfide) groups is 1. The summed E-state index contributed by atoms with van der Waals surface area (Å²) < 4.78 is 28.0. The van der Waals surface area contributed by atoms with Crippen LogP contribution in [-0.2, 0) is 16.6 Å². The van der Waals surface area contributed by atoms with E-state index in [9.17, 15) is 8.42 Å². The van der Waals surface area contributed by atoms with Crippen LogP contribution in [0.4, 0.5) is 0 Å². The second-order valence-electron chi connectivity index (χ2n) is 5.39. The van der Waals surface area contributed by atoms with Crippen molar-refractivity contribution >= 4 is 33.1 Å². The number of sulfonamides is 1. The van der Waals surface area contributed by atoms with E-state index in [0.717, 1.165) is 28.4 Å². The summed E-state index contributed by atoms with van der Waals surface area (Å²) in [6, 6.07) is 0.419. The number of hydrogen-bond acceptors (Lipinski definition) is 5. The Morgan fingerprint density at radius 3 is 2.80 bits per heavy atom. The van der Waals surface area contributed by atoms with E-state index >= 15 is 0 Å². The lowest BCUT2D eigenvalue weighted by molar-refractivity contribution is 0.557. The number of rotatable bonds is 6. The number of nitrogens with one attached hydrogen (secondary N) is 2. The molecule has 2 rings (SSSR count). The second-order valence-corrected chi connectivity index (χ2v) is 9.15. The summed E-state index contributed by atoms with van der Waals surface area (Å²) in [7, 11) is -3.40. The van der Waals surface area contributed by atoms with Crippen LogP contribution in [0.5, 0.6) is 0 Å². The van der Waals surface area contributed by atoms with E-state index in [0.29, 0.717) is 17.5 Å². The molecule has 7 heteroatoms. The summed E-state index contributed by atoms with van der Waals surface area (Å²) in [5, 5.41) is 5.22. The summed E-state index contributed by atoms with van der Waals surface area (Å²) in [6.07, 6.45) is 0.923. The van der Waals surface area contributed by atoms with Gasteiger partial charge in [0.25, 0.3) is 0 Å². The molecule has 1 aliphatic rings. The van der Waals surface area contributed by atoms with Gasteiger partial charge in [-0.1, -0.05) is 13.8 Å². The maximum absolute atomic E-state index is 12.6. The molecule has 0 saturated carbocycles. The van der Waals surface area contributed by atoms with E-state index < -0.39 is 10.0 Å². The molecule has 0 aliphatic carbocycles. The van der Waals surface area contributed by atoms with Gasteiger partial charge in [0, 0.05) is 29.3 Å². The van der Waals surface area contributed by atoms with Crippen LogP contribution in [-0.4, -0.2) is 32.0 Å². The fraction of sp³-hybridized carbons (Fsp3) is 0.692. The number of thiophene rings is 1. The van der Waals surface area contributed by atoms with E-state index in [-0.39, 0.29) is 6.04 Å². The van der Waals surface area contributed by atoms with Crippen molar-refractivity contribution in [2.24, 2.45) is 0 Å². The van der Waals surface area contributed by atoms with Gasteiger partial charge in [-0.15, -0.1) is 11.3 Å². The minimum absolute atomic E-state index is 0.0789. The molecule has 0 spiro atoms. The highest BCUT2D eigenvalue weighted by molar-refractivity contribution is 7.99. The van der Waals surface area contributed by atoms with Crippen LogP contribution in [0, 0.1) is 6.92 Å². The third kappa shape index (κ3) is 3.98. The normalized spacial score (nSPS) is 19.9. The van der Waals surface area contributed by atoms with Crippen molar-refractivity contribution in [3.63, 3.8) is 0 Å². The Bertz CT molecular complexity index is 546. The summed E-state index contributed by atoms with van der Waals surface area (Å²) >= 11 is 3.32. The monoisotopic (exact) mass is 334 g/mol. The molecule has 0 amide bonds. The van der Waals surface area contributed by atoms with Crippen molar-refractivity contribution in [1.82, 2.24) is 10.0 Å². The molecule has 4 nitrogen and oxygen atoms in total. The summed E-state index contributed by atoms with van der Waals surface area (Å²) in [4.78, 5) is 1.38. The largest absolute Gasteiger partial charge is 0.310 e. The van der Waals surface area contributed by atoms with Gasteiger partial charge in [-0.3, -0.25) is 0 Å².